The number of anilines is 1. The Bertz CT molecular complexity index is 471. The summed E-state index contributed by atoms with van der Waals surface area (Å²) in [5.41, 5.74) is 5.79. The number of carboxylic acids is 1. The molecule has 0 bridgehead atoms. The fourth-order valence-electron chi connectivity index (χ4n) is 1.48. The first-order valence-corrected chi connectivity index (χ1v) is 5.48. The number of nitrogens with two attached hydrogens (primary N) is 1. The van der Waals surface area contributed by atoms with E-state index in [2.05, 4.69) is 5.32 Å². The number of methoxy groups -OCH3 is 2. The molecule has 19 heavy (non-hydrogen) atoms. The topological polar surface area (TPSA) is 111 Å². The number of nitrogens with one attached hydrogen (secondary N) is 1. The van der Waals surface area contributed by atoms with Gasteiger partial charge in [-0.3, -0.25) is 4.79 Å². The molecular formula is C12H16N2O5. The van der Waals surface area contributed by atoms with Gasteiger partial charge < -0.3 is 25.6 Å². The monoisotopic (exact) mass is 268 g/mol. The lowest BCUT2D eigenvalue weighted by molar-refractivity contribution is -0.125. The molecule has 0 aromatic heterocycles. The molecule has 1 aromatic rings. The zero-order valence-corrected chi connectivity index (χ0v) is 10.7. The van der Waals surface area contributed by atoms with Crippen LogP contribution in [0.4, 0.5) is 5.69 Å². The maximum absolute atomic E-state index is 11.7. The van der Waals surface area contributed by atoms with Gasteiger partial charge >= 0.3 is 5.97 Å². The van der Waals surface area contributed by atoms with Crippen LogP contribution in [-0.2, 0) is 9.53 Å². The van der Waals surface area contributed by atoms with E-state index >= 15 is 0 Å². The van der Waals surface area contributed by atoms with Gasteiger partial charge in [-0.15, -0.1) is 0 Å². The van der Waals surface area contributed by atoms with Gasteiger partial charge in [0.25, 0.3) is 5.91 Å². The van der Waals surface area contributed by atoms with Crippen LogP contribution in [0.3, 0.4) is 0 Å². The van der Waals surface area contributed by atoms with Crippen LogP contribution in [0.25, 0.3) is 0 Å². The summed E-state index contributed by atoms with van der Waals surface area (Å²) in [6, 6.07) is 4.23. The van der Waals surface area contributed by atoms with E-state index in [1.807, 2.05) is 0 Å². The van der Waals surface area contributed by atoms with Crippen molar-refractivity contribution < 1.29 is 24.2 Å². The number of carboxylic acid groups (broad SMARTS) is 1. The van der Waals surface area contributed by atoms with Crippen molar-refractivity contribution in [3.05, 3.63) is 23.8 Å². The second-order valence-corrected chi connectivity index (χ2v) is 3.67. The summed E-state index contributed by atoms with van der Waals surface area (Å²) in [5.74, 6) is -1.35. The Labute approximate surface area is 110 Å². The maximum atomic E-state index is 11.7. The minimum Gasteiger partial charge on any atom is -0.496 e. The van der Waals surface area contributed by atoms with Gasteiger partial charge in [-0.25, -0.2) is 4.79 Å². The van der Waals surface area contributed by atoms with Crippen molar-refractivity contribution in [1.29, 1.82) is 0 Å². The first kappa shape index (κ1) is 14.9. The molecule has 0 aliphatic heterocycles. The third kappa shape index (κ3) is 3.67. The van der Waals surface area contributed by atoms with Crippen molar-refractivity contribution in [3.63, 3.8) is 0 Å². The van der Waals surface area contributed by atoms with Crippen LogP contribution in [0.15, 0.2) is 18.2 Å². The van der Waals surface area contributed by atoms with Crippen LogP contribution in [-0.4, -0.2) is 43.9 Å². The van der Waals surface area contributed by atoms with Gasteiger partial charge in [-0.1, -0.05) is 0 Å². The molecule has 104 valence electrons. The fourth-order valence-corrected chi connectivity index (χ4v) is 1.48. The summed E-state index contributed by atoms with van der Waals surface area (Å²) in [6.45, 7) is 0.0483. The van der Waals surface area contributed by atoms with Gasteiger partial charge in [0.2, 0.25) is 0 Å². The SMILES string of the molecule is COc1cc(NC(=O)C(CN)OC)ccc1C(=O)O. The number of aromatic carboxylic acids is 1. The molecule has 0 saturated carbocycles. The number of carbonyl (C=O) groups excluding carboxylic acids is 1. The average Bonchev–Trinajstić information content (AvgIpc) is 2.39. The molecule has 0 fully saturated rings. The summed E-state index contributed by atoms with van der Waals surface area (Å²) >= 11 is 0. The van der Waals surface area contributed by atoms with Crippen molar-refractivity contribution in [2.45, 2.75) is 6.10 Å². The molecular weight excluding hydrogens is 252 g/mol. The van der Waals surface area contributed by atoms with Crippen molar-refractivity contribution >= 4 is 17.6 Å². The second-order valence-electron chi connectivity index (χ2n) is 3.67. The molecule has 0 radical (unpaired) electrons. The lowest BCUT2D eigenvalue weighted by atomic mass is 10.1. The number of rotatable bonds is 6. The van der Waals surface area contributed by atoms with Crippen molar-refractivity contribution in [1.82, 2.24) is 0 Å². The molecule has 0 heterocycles. The molecule has 1 unspecified atom stereocenters. The molecule has 1 aromatic carbocycles. The molecule has 7 nitrogen and oxygen atoms in total. The van der Waals surface area contributed by atoms with Crippen LogP contribution < -0.4 is 15.8 Å². The highest BCUT2D eigenvalue weighted by Crippen LogP contribution is 2.23. The Hall–Kier alpha value is -2.12. The van der Waals surface area contributed by atoms with Crippen LogP contribution in [0.5, 0.6) is 5.75 Å². The predicted octanol–water partition coefficient (Wildman–Crippen LogP) is 0.306. The average molecular weight is 268 g/mol. The minimum absolute atomic E-state index is 0.0163. The minimum atomic E-state index is -1.11. The van der Waals surface area contributed by atoms with E-state index in [0.717, 1.165) is 0 Å². The Morgan fingerprint density at radius 1 is 1.42 bits per heavy atom. The smallest absolute Gasteiger partial charge is 0.339 e. The van der Waals surface area contributed by atoms with Gasteiger partial charge in [0.1, 0.15) is 17.4 Å². The normalized spacial score (nSPS) is 11.7. The van der Waals surface area contributed by atoms with Gasteiger partial charge in [-0.05, 0) is 12.1 Å². The Morgan fingerprint density at radius 2 is 2.11 bits per heavy atom. The molecule has 7 heteroatoms. The van der Waals surface area contributed by atoms with E-state index in [1.165, 1.54) is 32.4 Å². The first-order chi connectivity index (χ1) is 9.03. The van der Waals surface area contributed by atoms with Crippen LogP contribution in [0, 0.1) is 0 Å². The molecule has 0 aliphatic rings. The van der Waals surface area contributed by atoms with Gasteiger partial charge in [0, 0.05) is 25.4 Å². The van der Waals surface area contributed by atoms with E-state index in [0.29, 0.717) is 5.69 Å². The quantitative estimate of drug-likeness (QED) is 0.684. The first-order valence-electron chi connectivity index (χ1n) is 5.48. The zero-order chi connectivity index (χ0) is 14.4. The van der Waals surface area contributed by atoms with Gasteiger partial charge in [0.05, 0.1) is 7.11 Å². The lowest BCUT2D eigenvalue weighted by Gasteiger charge is -2.14. The summed E-state index contributed by atoms with van der Waals surface area (Å²) in [7, 11) is 2.73. The molecule has 0 spiro atoms. The number of hydrogen-bond acceptors (Lipinski definition) is 5. The van der Waals surface area contributed by atoms with Crippen LogP contribution in [0.2, 0.25) is 0 Å². The number of ether oxygens (including phenoxy) is 2. The largest absolute Gasteiger partial charge is 0.496 e. The molecule has 4 N–H and O–H groups in total. The van der Waals surface area contributed by atoms with Gasteiger partial charge in [-0.2, -0.15) is 0 Å². The summed E-state index contributed by atoms with van der Waals surface area (Å²) in [4.78, 5) is 22.6. The third-order valence-corrected chi connectivity index (χ3v) is 2.49. The Kier molecular flexibility index (Phi) is 5.28. The summed E-state index contributed by atoms with van der Waals surface area (Å²) in [5, 5.41) is 11.5. The van der Waals surface area contributed by atoms with Crippen LogP contribution in [0.1, 0.15) is 10.4 Å². The van der Waals surface area contributed by atoms with Crippen molar-refractivity contribution in [3.8, 4) is 5.75 Å². The highest BCUT2D eigenvalue weighted by Gasteiger charge is 2.17. The molecule has 1 atom stereocenters. The van der Waals surface area contributed by atoms with Crippen molar-refractivity contribution in [2.75, 3.05) is 26.1 Å². The number of hydrogen-bond donors (Lipinski definition) is 3. The molecule has 0 saturated heterocycles. The predicted molar refractivity (Wildman–Crippen MR) is 68.4 cm³/mol. The van der Waals surface area contributed by atoms with E-state index in [1.54, 1.807) is 0 Å². The highest BCUT2D eigenvalue weighted by molar-refractivity contribution is 5.96. The zero-order valence-electron chi connectivity index (χ0n) is 10.7. The fraction of sp³-hybridized carbons (Fsp3) is 0.333. The van der Waals surface area contributed by atoms with Crippen LogP contribution >= 0.6 is 0 Å². The standard InChI is InChI=1S/C12H16N2O5/c1-18-9-5-7(3-4-8(9)12(16)17)14-11(15)10(6-13)19-2/h3-5,10H,6,13H2,1-2H3,(H,14,15)(H,16,17). The number of carbonyl (C=O) groups is 2. The molecule has 1 rings (SSSR count). The molecule has 0 aliphatic carbocycles. The van der Waals surface area contributed by atoms with E-state index in [4.69, 9.17) is 20.3 Å². The summed E-state index contributed by atoms with van der Waals surface area (Å²) < 4.78 is 9.84. The van der Waals surface area contributed by atoms with E-state index < -0.39 is 18.0 Å². The van der Waals surface area contributed by atoms with E-state index in [9.17, 15) is 9.59 Å². The lowest BCUT2D eigenvalue weighted by Crippen LogP contribution is -2.35. The second kappa shape index (κ2) is 6.72. The van der Waals surface area contributed by atoms with E-state index in [-0.39, 0.29) is 17.9 Å². The molecule has 1 amide bonds. The van der Waals surface area contributed by atoms with Gasteiger partial charge in [0.15, 0.2) is 0 Å². The summed E-state index contributed by atoms with van der Waals surface area (Å²) in [6.07, 6.45) is -0.759. The highest BCUT2D eigenvalue weighted by atomic mass is 16.5. The Morgan fingerprint density at radius 3 is 2.58 bits per heavy atom. The number of amides is 1. The number of benzene rings is 1. The third-order valence-electron chi connectivity index (χ3n) is 2.49. The maximum Gasteiger partial charge on any atom is 0.339 e. The van der Waals surface area contributed by atoms with Crippen molar-refractivity contribution in [2.24, 2.45) is 5.73 Å². The Balaban J connectivity index is 2.91.